The summed E-state index contributed by atoms with van der Waals surface area (Å²) in [4.78, 5) is 4.21. The lowest BCUT2D eigenvalue weighted by atomic mass is 10.2. The van der Waals surface area contributed by atoms with E-state index in [4.69, 9.17) is 4.42 Å². The fraction of sp³-hybridized carbons (Fsp3) is 0.667. The van der Waals surface area contributed by atoms with Gasteiger partial charge in [-0.3, -0.25) is 0 Å². The molecule has 0 amide bonds. The highest BCUT2D eigenvalue weighted by Gasteiger charge is 2.16. The second-order valence-corrected chi connectivity index (χ2v) is 3.48. The van der Waals surface area contributed by atoms with Crippen LogP contribution in [0.15, 0.2) is 4.42 Å². The second kappa shape index (κ2) is 3.47. The summed E-state index contributed by atoms with van der Waals surface area (Å²) < 4.78 is 5.44. The van der Waals surface area contributed by atoms with Crippen molar-refractivity contribution in [1.29, 1.82) is 0 Å². The zero-order valence-electron chi connectivity index (χ0n) is 8.05. The van der Waals surface area contributed by atoms with E-state index in [0.717, 1.165) is 37.0 Å². The van der Waals surface area contributed by atoms with Gasteiger partial charge in [0.15, 0.2) is 5.89 Å². The van der Waals surface area contributed by atoms with Crippen molar-refractivity contribution in [2.24, 2.45) is 0 Å². The predicted octanol–water partition coefficient (Wildman–Crippen LogP) is 0.353. The van der Waals surface area contributed by atoms with Crippen molar-refractivity contribution >= 4 is 0 Å². The van der Waals surface area contributed by atoms with Crippen LogP contribution in [0.3, 0.4) is 0 Å². The fourth-order valence-electron chi connectivity index (χ4n) is 1.41. The summed E-state index contributed by atoms with van der Waals surface area (Å²) in [5.41, 5.74) is 0.997. The predicted molar refractivity (Wildman–Crippen MR) is 49.5 cm³/mol. The molecular weight excluding hydrogens is 166 g/mol. The van der Waals surface area contributed by atoms with Crippen molar-refractivity contribution in [1.82, 2.24) is 15.6 Å². The van der Waals surface area contributed by atoms with E-state index in [0.29, 0.717) is 6.04 Å². The van der Waals surface area contributed by atoms with E-state index >= 15 is 0 Å². The highest BCUT2D eigenvalue weighted by Crippen LogP contribution is 2.09. The van der Waals surface area contributed by atoms with Crippen molar-refractivity contribution in [2.45, 2.75) is 26.4 Å². The smallest absolute Gasteiger partial charge is 0.191 e. The number of aromatic nitrogens is 1. The molecule has 0 aliphatic carbocycles. The molecule has 0 spiro atoms. The number of nitrogens with zero attached hydrogens (tertiary/aromatic N) is 1. The molecule has 0 saturated carbocycles. The Morgan fingerprint density at radius 3 is 2.77 bits per heavy atom. The molecule has 72 valence electrons. The molecule has 4 heteroatoms. The van der Waals surface area contributed by atoms with Gasteiger partial charge in [0.1, 0.15) is 5.76 Å². The standard InChI is InChI=1S/C9H15N3O/c1-6-9(13-7(2)12-6)5-11-8-3-10-4-8/h8,10-11H,3-5H2,1-2H3. The number of nitrogens with one attached hydrogen (secondary N) is 2. The van der Waals surface area contributed by atoms with Crippen LogP contribution in [-0.2, 0) is 6.54 Å². The maximum atomic E-state index is 5.44. The number of rotatable bonds is 3. The molecule has 1 aromatic rings. The van der Waals surface area contributed by atoms with Gasteiger partial charge in [0.2, 0.25) is 0 Å². The van der Waals surface area contributed by atoms with Crippen molar-refractivity contribution < 1.29 is 4.42 Å². The highest BCUT2D eigenvalue weighted by atomic mass is 16.4. The topological polar surface area (TPSA) is 50.1 Å². The summed E-state index contributed by atoms with van der Waals surface area (Å²) >= 11 is 0. The molecule has 1 aliphatic heterocycles. The van der Waals surface area contributed by atoms with Crippen LogP contribution in [0.1, 0.15) is 17.3 Å². The van der Waals surface area contributed by atoms with Crippen molar-refractivity contribution in [3.8, 4) is 0 Å². The molecule has 2 rings (SSSR count). The van der Waals surface area contributed by atoms with Crippen LogP contribution in [0.25, 0.3) is 0 Å². The maximum absolute atomic E-state index is 5.44. The van der Waals surface area contributed by atoms with Gasteiger partial charge in [-0.1, -0.05) is 0 Å². The molecule has 13 heavy (non-hydrogen) atoms. The van der Waals surface area contributed by atoms with Crippen LogP contribution < -0.4 is 10.6 Å². The molecule has 1 saturated heterocycles. The molecule has 0 atom stereocenters. The SMILES string of the molecule is Cc1nc(C)c(CNC2CNC2)o1. The molecule has 0 bridgehead atoms. The summed E-state index contributed by atoms with van der Waals surface area (Å²) in [6.45, 7) is 6.77. The van der Waals surface area contributed by atoms with E-state index in [1.165, 1.54) is 0 Å². The van der Waals surface area contributed by atoms with Gasteiger partial charge in [0, 0.05) is 26.1 Å². The van der Waals surface area contributed by atoms with Gasteiger partial charge >= 0.3 is 0 Å². The van der Waals surface area contributed by atoms with Crippen LogP contribution in [0.4, 0.5) is 0 Å². The summed E-state index contributed by atoms with van der Waals surface area (Å²) in [7, 11) is 0. The van der Waals surface area contributed by atoms with E-state index in [2.05, 4.69) is 15.6 Å². The van der Waals surface area contributed by atoms with Crippen molar-refractivity contribution in [3.63, 3.8) is 0 Å². The van der Waals surface area contributed by atoms with Gasteiger partial charge in [0.25, 0.3) is 0 Å². The normalized spacial score (nSPS) is 17.4. The monoisotopic (exact) mass is 181 g/mol. The second-order valence-electron chi connectivity index (χ2n) is 3.48. The summed E-state index contributed by atoms with van der Waals surface area (Å²) in [6, 6.07) is 0.602. The maximum Gasteiger partial charge on any atom is 0.191 e. The fourth-order valence-corrected chi connectivity index (χ4v) is 1.41. The largest absolute Gasteiger partial charge is 0.444 e. The third kappa shape index (κ3) is 1.89. The van der Waals surface area contributed by atoms with Crippen LogP contribution in [0.5, 0.6) is 0 Å². The highest BCUT2D eigenvalue weighted by molar-refractivity contribution is 5.07. The van der Waals surface area contributed by atoms with Crippen LogP contribution >= 0.6 is 0 Å². The van der Waals surface area contributed by atoms with Crippen molar-refractivity contribution in [2.75, 3.05) is 13.1 Å². The first-order valence-electron chi connectivity index (χ1n) is 4.62. The molecule has 0 radical (unpaired) electrons. The van der Waals surface area contributed by atoms with Crippen LogP contribution in [0.2, 0.25) is 0 Å². The first-order valence-corrected chi connectivity index (χ1v) is 4.62. The van der Waals surface area contributed by atoms with Crippen molar-refractivity contribution in [3.05, 3.63) is 17.3 Å². The minimum absolute atomic E-state index is 0.602. The summed E-state index contributed by atoms with van der Waals surface area (Å²) in [5.74, 6) is 1.71. The minimum atomic E-state index is 0.602. The van der Waals surface area contributed by atoms with Gasteiger partial charge in [-0.25, -0.2) is 4.98 Å². The molecule has 2 heterocycles. The first-order chi connectivity index (χ1) is 6.25. The number of oxazole rings is 1. The van der Waals surface area contributed by atoms with Gasteiger partial charge in [-0.05, 0) is 6.92 Å². The zero-order valence-corrected chi connectivity index (χ0v) is 8.05. The van der Waals surface area contributed by atoms with Crippen LogP contribution in [0, 0.1) is 13.8 Å². The van der Waals surface area contributed by atoms with Gasteiger partial charge in [-0.15, -0.1) is 0 Å². The lowest BCUT2D eigenvalue weighted by Gasteiger charge is -2.27. The van der Waals surface area contributed by atoms with Gasteiger partial charge in [-0.2, -0.15) is 0 Å². The quantitative estimate of drug-likeness (QED) is 0.706. The Morgan fingerprint density at radius 1 is 1.54 bits per heavy atom. The Balaban J connectivity index is 1.89. The Labute approximate surface area is 77.7 Å². The average Bonchev–Trinajstić information content (AvgIpc) is 2.27. The number of hydrogen-bond acceptors (Lipinski definition) is 4. The summed E-state index contributed by atoms with van der Waals surface area (Å²) in [6.07, 6.45) is 0. The number of aryl methyl sites for hydroxylation is 2. The molecule has 1 fully saturated rings. The molecular formula is C9H15N3O. The van der Waals surface area contributed by atoms with E-state index in [1.807, 2.05) is 13.8 Å². The Bertz CT molecular complexity index is 291. The molecule has 4 nitrogen and oxygen atoms in total. The van der Waals surface area contributed by atoms with Crippen LogP contribution in [-0.4, -0.2) is 24.1 Å². The lowest BCUT2D eigenvalue weighted by molar-refractivity contribution is 0.346. The Morgan fingerprint density at radius 2 is 2.31 bits per heavy atom. The van der Waals surface area contributed by atoms with Gasteiger partial charge < -0.3 is 15.1 Å². The van der Waals surface area contributed by atoms with E-state index < -0.39 is 0 Å². The minimum Gasteiger partial charge on any atom is -0.444 e. The summed E-state index contributed by atoms with van der Waals surface area (Å²) in [5, 5.41) is 6.60. The first kappa shape index (κ1) is 8.72. The van der Waals surface area contributed by atoms with Gasteiger partial charge in [0.05, 0.1) is 12.2 Å². The molecule has 1 aromatic heterocycles. The Kier molecular flexibility index (Phi) is 2.33. The third-order valence-corrected chi connectivity index (χ3v) is 2.33. The molecule has 2 N–H and O–H groups in total. The molecule has 1 aliphatic rings. The van der Waals surface area contributed by atoms with E-state index in [-0.39, 0.29) is 0 Å². The zero-order chi connectivity index (χ0) is 9.26. The Hall–Kier alpha value is -0.870. The lowest BCUT2D eigenvalue weighted by Crippen LogP contribution is -2.55. The number of hydrogen-bond donors (Lipinski definition) is 2. The van der Waals surface area contributed by atoms with E-state index in [9.17, 15) is 0 Å². The van der Waals surface area contributed by atoms with E-state index in [1.54, 1.807) is 0 Å². The molecule has 0 aromatic carbocycles. The average molecular weight is 181 g/mol. The molecule has 0 unspecified atom stereocenters. The third-order valence-electron chi connectivity index (χ3n) is 2.33.